The highest BCUT2D eigenvalue weighted by Crippen LogP contribution is 2.28. The Kier molecular flexibility index (Phi) is 1.60. The zero-order valence-corrected chi connectivity index (χ0v) is 7.07. The largest absolute Gasteiger partial charge is 0.368 e. The molecule has 0 saturated heterocycles. The van der Waals surface area contributed by atoms with Crippen molar-refractivity contribution in [1.29, 1.82) is 0 Å². The lowest BCUT2D eigenvalue weighted by molar-refractivity contribution is 0.888. The van der Waals surface area contributed by atoms with E-state index in [0.29, 0.717) is 12.0 Å². The van der Waals surface area contributed by atoms with Crippen LogP contribution in [0.25, 0.3) is 0 Å². The van der Waals surface area contributed by atoms with Crippen LogP contribution in [0.3, 0.4) is 0 Å². The average Bonchev–Trinajstić information content (AvgIpc) is 2.85. The average molecular weight is 164 g/mol. The van der Waals surface area contributed by atoms with Crippen molar-refractivity contribution in [3.63, 3.8) is 0 Å². The normalized spacial score (nSPS) is 16.1. The second-order valence-corrected chi connectivity index (χ2v) is 3.12. The highest BCUT2D eigenvalue weighted by molar-refractivity contribution is 5.42. The maximum absolute atomic E-state index is 5.47. The van der Waals surface area contributed by atoms with E-state index in [9.17, 15) is 0 Å². The summed E-state index contributed by atoms with van der Waals surface area (Å²) in [4.78, 5) is 10.1. The first kappa shape index (κ1) is 7.34. The first-order chi connectivity index (χ1) is 5.77. The number of hydrogen-bond acceptors (Lipinski definition) is 4. The van der Waals surface area contributed by atoms with Crippen LogP contribution in [0.2, 0.25) is 0 Å². The lowest BCUT2D eigenvalue weighted by Gasteiger charge is -2.16. The number of anilines is 2. The number of aromatic nitrogens is 2. The van der Waals surface area contributed by atoms with Crippen molar-refractivity contribution in [3.8, 4) is 0 Å². The van der Waals surface area contributed by atoms with Crippen LogP contribution in [0.4, 0.5) is 11.8 Å². The summed E-state index contributed by atoms with van der Waals surface area (Å²) in [5.74, 6) is 1.27. The van der Waals surface area contributed by atoms with Gasteiger partial charge in [-0.3, -0.25) is 0 Å². The lowest BCUT2D eigenvalue weighted by atomic mass is 10.5. The third kappa shape index (κ3) is 1.32. The summed E-state index contributed by atoms with van der Waals surface area (Å²) < 4.78 is 0. The van der Waals surface area contributed by atoms with Crippen LogP contribution >= 0.6 is 0 Å². The lowest BCUT2D eigenvalue weighted by Crippen LogP contribution is -2.21. The Morgan fingerprint density at radius 3 is 2.92 bits per heavy atom. The summed E-state index contributed by atoms with van der Waals surface area (Å²) in [6.45, 7) is 0. The van der Waals surface area contributed by atoms with Crippen LogP contribution in [0.1, 0.15) is 12.8 Å². The molecular formula is C8H12N4. The fourth-order valence-corrected chi connectivity index (χ4v) is 1.21. The van der Waals surface area contributed by atoms with Crippen LogP contribution in [-0.2, 0) is 0 Å². The molecule has 1 fully saturated rings. The van der Waals surface area contributed by atoms with Crippen molar-refractivity contribution in [1.82, 2.24) is 9.97 Å². The van der Waals surface area contributed by atoms with Crippen LogP contribution in [0.15, 0.2) is 12.3 Å². The molecule has 2 N–H and O–H groups in total. The van der Waals surface area contributed by atoms with Gasteiger partial charge in [0.1, 0.15) is 5.82 Å². The molecule has 4 heteroatoms. The SMILES string of the molecule is CN(c1ccnc(N)n1)C1CC1. The van der Waals surface area contributed by atoms with E-state index in [2.05, 4.69) is 14.9 Å². The van der Waals surface area contributed by atoms with E-state index in [1.165, 1.54) is 12.8 Å². The smallest absolute Gasteiger partial charge is 0.221 e. The predicted molar refractivity (Wildman–Crippen MR) is 47.9 cm³/mol. The third-order valence-corrected chi connectivity index (χ3v) is 2.12. The summed E-state index contributed by atoms with van der Waals surface area (Å²) in [7, 11) is 2.04. The van der Waals surface area contributed by atoms with Gasteiger partial charge in [-0.05, 0) is 18.9 Å². The van der Waals surface area contributed by atoms with E-state index < -0.39 is 0 Å². The minimum atomic E-state index is 0.347. The molecule has 64 valence electrons. The minimum Gasteiger partial charge on any atom is -0.368 e. The van der Waals surface area contributed by atoms with Crippen molar-refractivity contribution in [2.75, 3.05) is 17.7 Å². The van der Waals surface area contributed by atoms with Crippen molar-refractivity contribution in [2.45, 2.75) is 18.9 Å². The number of nitrogens with two attached hydrogens (primary N) is 1. The highest BCUT2D eigenvalue weighted by Gasteiger charge is 2.26. The maximum atomic E-state index is 5.47. The van der Waals surface area contributed by atoms with Gasteiger partial charge in [-0.25, -0.2) is 4.98 Å². The van der Waals surface area contributed by atoms with Crippen LogP contribution in [-0.4, -0.2) is 23.1 Å². The molecule has 0 spiro atoms. The van der Waals surface area contributed by atoms with Gasteiger partial charge in [-0.2, -0.15) is 4.98 Å². The zero-order chi connectivity index (χ0) is 8.55. The number of nitrogens with zero attached hydrogens (tertiary/aromatic N) is 3. The first-order valence-corrected chi connectivity index (χ1v) is 4.09. The Hall–Kier alpha value is -1.32. The molecule has 0 aromatic carbocycles. The number of nitrogen functional groups attached to an aromatic ring is 1. The molecule has 0 radical (unpaired) electrons. The fraction of sp³-hybridized carbons (Fsp3) is 0.500. The van der Waals surface area contributed by atoms with Crippen LogP contribution < -0.4 is 10.6 Å². The summed E-state index contributed by atoms with van der Waals surface area (Å²) in [5, 5.41) is 0. The second kappa shape index (κ2) is 2.62. The van der Waals surface area contributed by atoms with Crippen molar-refractivity contribution >= 4 is 11.8 Å². The summed E-state index contributed by atoms with van der Waals surface area (Å²) in [6.07, 6.45) is 4.22. The van der Waals surface area contributed by atoms with Gasteiger partial charge < -0.3 is 10.6 Å². The Bertz CT molecular complexity index is 282. The highest BCUT2D eigenvalue weighted by atomic mass is 15.2. The maximum Gasteiger partial charge on any atom is 0.221 e. The van der Waals surface area contributed by atoms with Gasteiger partial charge in [0, 0.05) is 19.3 Å². The Morgan fingerprint density at radius 2 is 2.33 bits per heavy atom. The Labute approximate surface area is 71.4 Å². The van der Waals surface area contributed by atoms with Crippen molar-refractivity contribution < 1.29 is 0 Å². The Balaban J connectivity index is 2.20. The van der Waals surface area contributed by atoms with Gasteiger partial charge in [0.15, 0.2) is 0 Å². The van der Waals surface area contributed by atoms with Gasteiger partial charge in [0.25, 0.3) is 0 Å². The summed E-state index contributed by atoms with van der Waals surface area (Å²) >= 11 is 0. The molecular weight excluding hydrogens is 152 g/mol. The molecule has 2 rings (SSSR count). The van der Waals surface area contributed by atoms with E-state index in [0.717, 1.165) is 5.82 Å². The number of hydrogen-bond donors (Lipinski definition) is 1. The monoisotopic (exact) mass is 164 g/mol. The van der Waals surface area contributed by atoms with E-state index in [1.807, 2.05) is 13.1 Å². The van der Waals surface area contributed by atoms with Gasteiger partial charge in [0.05, 0.1) is 0 Å². The van der Waals surface area contributed by atoms with Gasteiger partial charge in [-0.1, -0.05) is 0 Å². The topological polar surface area (TPSA) is 55.0 Å². The molecule has 1 saturated carbocycles. The predicted octanol–water partition coefficient (Wildman–Crippen LogP) is 0.657. The molecule has 0 atom stereocenters. The van der Waals surface area contributed by atoms with Gasteiger partial charge in [-0.15, -0.1) is 0 Å². The molecule has 1 aliphatic carbocycles. The van der Waals surface area contributed by atoms with E-state index in [1.54, 1.807) is 6.20 Å². The first-order valence-electron chi connectivity index (χ1n) is 4.09. The molecule has 1 aromatic rings. The Morgan fingerprint density at radius 1 is 1.58 bits per heavy atom. The molecule has 0 unspecified atom stereocenters. The standard InChI is InChI=1S/C8H12N4/c1-12(6-2-3-6)7-4-5-10-8(9)11-7/h4-6H,2-3H2,1H3,(H2,9,10,11). The zero-order valence-electron chi connectivity index (χ0n) is 7.07. The molecule has 1 aromatic heterocycles. The quantitative estimate of drug-likeness (QED) is 0.697. The molecule has 4 nitrogen and oxygen atoms in total. The summed E-state index contributed by atoms with van der Waals surface area (Å²) in [6, 6.07) is 2.55. The van der Waals surface area contributed by atoms with E-state index >= 15 is 0 Å². The van der Waals surface area contributed by atoms with E-state index in [-0.39, 0.29) is 0 Å². The molecule has 12 heavy (non-hydrogen) atoms. The second-order valence-electron chi connectivity index (χ2n) is 3.12. The van der Waals surface area contributed by atoms with Crippen molar-refractivity contribution in [3.05, 3.63) is 12.3 Å². The molecule has 0 amide bonds. The molecule has 0 bridgehead atoms. The van der Waals surface area contributed by atoms with Gasteiger partial charge in [0.2, 0.25) is 5.95 Å². The fourth-order valence-electron chi connectivity index (χ4n) is 1.21. The van der Waals surface area contributed by atoms with E-state index in [4.69, 9.17) is 5.73 Å². The third-order valence-electron chi connectivity index (χ3n) is 2.12. The van der Waals surface area contributed by atoms with Crippen molar-refractivity contribution in [2.24, 2.45) is 0 Å². The summed E-state index contributed by atoms with van der Waals surface area (Å²) in [5.41, 5.74) is 5.47. The molecule has 1 aliphatic rings. The molecule has 0 aliphatic heterocycles. The minimum absolute atomic E-state index is 0.347. The van der Waals surface area contributed by atoms with Gasteiger partial charge >= 0.3 is 0 Å². The van der Waals surface area contributed by atoms with Crippen LogP contribution in [0, 0.1) is 0 Å². The molecule has 1 heterocycles. The van der Waals surface area contributed by atoms with Crippen LogP contribution in [0.5, 0.6) is 0 Å². The number of rotatable bonds is 2.